The molecule has 0 aliphatic rings. The largest absolute Gasteiger partial charge is 0.383 e. The lowest BCUT2D eigenvalue weighted by atomic mass is 10.2. The molecular weight excluding hydrogens is 344 g/mol. The number of hydrogen-bond donors (Lipinski definition) is 1. The number of thiocarbonyl (C=S) groups is 1. The van der Waals surface area contributed by atoms with E-state index in [1.165, 1.54) is 9.77 Å². The number of nitrogens with zero attached hydrogens (tertiary/aromatic N) is 1. The van der Waals surface area contributed by atoms with Gasteiger partial charge in [-0.1, -0.05) is 12.1 Å². The van der Waals surface area contributed by atoms with Gasteiger partial charge in [0.05, 0.1) is 12.6 Å². The molecule has 3 nitrogen and oxygen atoms in total. The number of rotatable bonds is 7. The summed E-state index contributed by atoms with van der Waals surface area (Å²) < 4.78 is 5.25. The first-order chi connectivity index (χ1) is 11.2. The van der Waals surface area contributed by atoms with Crippen molar-refractivity contribution in [3.05, 3.63) is 46.7 Å². The first kappa shape index (κ1) is 18.3. The normalized spacial score (nSPS) is 12.0. The fraction of sp³-hybridized carbons (Fsp3) is 0.353. The number of thioether (sulfide) groups is 1. The monoisotopic (exact) mass is 366 g/mol. The van der Waals surface area contributed by atoms with Gasteiger partial charge in [-0.25, -0.2) is 0 Å². The molecule has 2 rings (SSSR count). The molecule has 6 heteroatoms. The predicted molar refractivity (Wildman–Crippen MR) is 106 cm³/mol. The maximum Gasteiger partial charge on any atom is 0.174 e. The molecule has 2 aromatic rings. The van der Waals surface area contributed by atoms with Crippen molar-refractivity contribution in [3.8, 4) is 0 Å². The first-order valence-corrected chi connectivity index (χ1v) is 9.91. The van der Waals surface area contributed by atoms with Crippen molar-refractivity contribution in [1.82, 2.24) is 4.90 Å². The van der Waals surface area contributed by atoms with Crippen LogP contribution in [0, 0.1) is 0 Å². The number of benzene rings is 1. The lowest BCUT2D eigenvalue weighted by molar-refractivity contribution is 0.166. The molecule has 0 saturated carbocycles. The molecule has 0 amide bonds. The van der Waals surface area contributed by atoms with Crippen LogP contribution in [0.2, 0.25) is 0 Å². The molecular formula is C17H22N2OS3. The van der Waals surface area contributed by atoms with E-state index in [0.717, 1.165) is 17.3 Å². The number of hydrogen-bond acceptors (Lipinski definition) is 4. The number of anilines is 1. The van der Waals surface area contributed by atoms with Crippen LogP contribution >= 0.6 is 35.3 Å². The van der Waals surface area contributed by atoms with Gasteiger partial charge in [0.2, 0.25) is 0 Å². The number of ether oxygens (including phenoxy) is 1. The summed E-state index contributed by atoms with van der Waals surface area (Å²) in [7, 11) is 1.71. The molecule has 0 bridgehead atoms. The van der Waals surface area contributed by atoms with Crippen LogP contribution in [0.15, 0.2) is 46.7 Å². The predicted octanol–water partition coefficient (Wildman–Crippen LogP) is 4.88. The second kappa shape index (κ2) is 9.27. The zero-order valence-electron chi connectivity index (χ0n) is 13.6. The molecule has 1 atom stereocenters. The van der Waals surface area contributed by atoms with E-state index in [2.05, 4.69) is 53.0 Å². The molecule has 124 valence electrons. The van der Waals surface area contributed by atoms with Crippen molar-refractivity contribution >= 4 is 46.1 Å². The highest BCUT2D eigenvalue weighted by Gasteiger charge is 2.19. The highest BCUT2D eigenvalue weighted by molar-refractivity contribution is 7.98. The summed E-state index contributed by atoms with van der Waals surface area (Å²) in [5.41, 5.74) is 1.02. The van der Waals surface area contributed by atoms with Crippen LogP contribution in [0.25, 0.3) is 0 Å². The van der Waals surface area contributed by atoms with Crippen LogP contribution in [-0.2, 0) is 4.74 Å². The van der Waals surface area contributed by atoms with E-state index in [1.54, 1.807) is 30.2 Å². The molecule has 1 aromatic heterocycles. The lowest BCUT2D eigenvalue weighted by Gasteiger charge is -2.31. The maximum atomic E-state index is 5.66. The Labute approximate surface area is 152 Å². The number of thiophene rings is 1. The van der Waals surface area contributed by atoms with Gasteiger partial charge in [-0.2, -0.15) is 0 Å². The highest BCUT2D eigenvalue weighted by atomic mass is 32.2. The molecule has 1 N–H and O–H groups in total. The average Bonchev–Trinajstić information content (AvgIpc) is 3.09. The van der Waals surface area contributed by atoms with E-state index in [4.69, 9.17) is 17.0 Å². The summed E-state index contributed by atoms with van der Waals surface area (Å²) in [6.07, 6.45) is 2.07. The lowest BCUT2D eigenvalue weighted by Crippen LogP contribution is -2.38. The second-order valence-electron chi connectivity index (χ2n) is 5.04. The molecule has 0 fully saturated rings. The Balaban J connectivity index is 2.12. The second-order valence-corrected chi connectivity index (χ2v) is 7.29. The molecule has 1 aromatic carbocycles. The molecule has 0 aliphatic carbocycles. The maximum absolute atomic E-state index is 5.66. The van der Waals surface area contributed by atoms with E-state index in [9.17, 15) is 0 Å². The Morgan fingerprint density at radius 1 is 1.39 bits per heavy atom. The Kier molecular flexibility index (Phi) is 7.36. The number of nitrogens with one attached hydrogen (secondary N) is 1. The molecule has 0 spiro atoms. The van der Waals surface area contributed by atoms with Gasteiger partial charge in [0.15, 0.2) is 5.11 Å². The highest BCUT2D eigenvalue weighted by Crippen LogP contribution is 2.26. The van der Waals surface area contributed by atoms with Crippen LogP contribution in [0.3, 0.4) is 0 Å². The fourth-order valence-corrected chi connectivity index (χ4v) is 3.86. The smallest absolute Gasteiger partial charge is 0.174 e. The van der Waals surface area contributed by atoms with Gasteiger partial charge in [0.1, 0.15) is 0 Å². The summed E-state index contributed by atoms with van der Waals surface area (Å²) in [5, 5.41) is 6.18. The Bertz CT molecular complexity index is 616. The van der Waals surface area contributed by atoms with Gasteiger partial charge in [0.25, 0.3) is 0 Å². The Morgan fingerprint density at radius 2 is 2.22 bits per heavy atom. The zero-order chi connectivity index (χ0) is 16.7. The van der Waals surface area contributed by atoms with Crippen molar-refractivity contribution in [3.63, 3.8) is 0 Å². The Hall–Kier alpha value is -1.08. The van der Waals surface area contributed by atoms with Crippen molar-refractivity contribution < 1.29 is 4.74 Å². The van der Waals surface area contributed by atoms with E-state index in [1.807, 2.05) is 12.1 Å². The standard InChI is InChI=1S/C17H22N2OS3/c1-13(16-8-5-11-23-16)19(9-10-20-2)17(21)18-14-6-4-7-15(12-14)22-3/h4-8,11-13H,9-10H2,1-3H3,(H,18,21). The van der Waals surface area contributed by atoms with E-state index < -0.39 is 0 Å². The van der Waals surface area contributed by atoms with Crippen LogP contribution in [0.1, 0.15) is 17.8 Å². The van der Waals surface area contributed by atoms with Gasteiger partial charge in [0, 0.05) is 29.1 Å². The Morgan fingerprint density at radius 3 is 2.87 bits per heavy atom. The van der Waals surface area contributed by atoms with Gasteiger partial charge in [-0.3, -0.25) is 0 Å². The van der Waals surface area contributed by atoms with Gasteiger partial charge < -0.3 is 15.0 Å². The average molecular weight is 367 g/mol. The van der Waals surface area contributed by atoms with Crippen LogP contribution in [-0.4, -0.2) is 36.5 Å². The van der Waals surface area contributed by atoms with Crippen molar-refractivity contribution in [2.45, 2.75) is 17.9 Å². The SMILES string of the molecule is COCCN(C(=S)Nc1cccc(SC)c1)C(C)c1cccs1. The van der Waals surface area contributed by atoms with Crippen molar-refractivity contribution in [2.75, 3.05) is 31.8 Å². The zero-order valence-corrected chi connectivity index (χ0v) is 16.1. The molecule has 23 heavy (non-hydrogen) atoms. The van der Waals surface area contributed by atoms with Crippen molar-refractivity contribution in [1.29, 1.82) is 0 Å². The van der Waals surface area contributed by atoms with E-state index in [0.29, 0.717) is 6.61 Å². The topological polar surface area (TPSA) is 24.5 Å². The summed E-state index contributed by atoms with van der Waals surface area (Å²) in [4.78, 5) is 4.69. The molecule has 1 heterocycles. The van der Waals surface area contributed by atoms with E-state index in [-0.39, 0.29) is 6.04 Å². The minimum atomic E-state index is 0.217. The van der Waals surface area contributed by atoms with Gasteiger partial charge in [-0.05, 0) is 55.0 Å². The minimum absolute atomic E-state index is 0.217. The summed E-state index contributed by atoms with van der Waals surface area (Å²) in [5.74, 6) is 0. The first-order valence-electron chi connectivity index (χ1n) is 7.39. The summed E-state index contributed by atoms with van der Waals surface area (Å²) >= 11 is 9.13. The van der Waals surface area contributed by atoms with Crippen LogP contribution in [0.4, 0.5) is 5.69 Å². The number of methoxy groups -OCH3 is 1. The summed E-state index contributed by atoms with van der Waals surface area (Å²) in [6, 6.07) is 12.7. The van der Waals surface area contributed by atoms with Gasteiger partial charge >= 0.3 is 0 Å². The summed E-state index contributed by atoms with van der Waals surface area (Å²) in [6.45, 7) is 3.57. The third-order valence-electron chi connectivity index (χ3n) is 3.54. The van der Waals surface area contributed by atoms with Crippen molar-refractivity contribution in [2.24, 2.45) is 0 Å². The third kappa shape index (κ3) is 5.21. The van der Waals surface area contributed by atoms with Gasteiger partial charge in [-0.15, -0.1) is 23.1 Å². The minimum Gasteiger partial charge on any atom is -0.383 e. The van der Waals surface area contributed by atoms with Crippen LogP contribution < -0.4 is 5.32 Å². The van der Waals surface area contributed by atoms with E-state index >= 15 is 0 Å². The molecule has 0 radical (unpaired) electrons. The van der Waals surface area contributed by atoms with Crippen LogP contribution in [0.5, 0.6) is 0 Å². The molecule has 0 saturated heterocycles. The molecule has 0 aliphatic heterocycles. The third-order valence-corrected chi connectivity index (χ3v) is 5.65. The fourth-order valence-electron chi connectivity index (χ4n) is 2.24. The quantitative estimate of drug-likeness (QED) is 0.556. The molecule has 1 unspecified atom stereocenters.